The van der Waals surface area contributed by atoms with Gasteiger partial charge in [0.2, 0.25) is 10.1 Å². The van der Waals surface area contributed by atoms with Crippen molar-refractivity contribution in [1.82, 2.24) is 18.7 Å². The summed E-state index contributed by atoms with van der Waals surface area (Å²) in [6.45, 7) is 4.10. The lowest BCUT2D eigenvalue weighted by Crippen LogP contribution is -2.22. The third kappa shape index (κ3) is 11.9. The molecular weight excluding hydrogens is 883 g/mol. The minimum Gasteiger partial charge on any atom is -0.481 e. The van der Waals surface area contributed by atoms with Gasteiger partial charge in [0.25, 0.3) is 11.8 Å². The van der Waals surface area contributed by atoms with Crippen LogP contribution in [0.25, 0.3) is 22.5 Å². The average molecular weight is 919 g/mol. The third-order valence-corrected chi connectivity index (χ3v) is 10.2. The van der Waals surface area contributed by atoms with Crippen LogP contribution in [0.5, 0.6) is 10.1 Å². The van der Waals surface area contributed by atoms with Crippen LogP contribution in [-0.2, 0) is 9.47 Å². The Kier molecular flexibility index (Phi) is 15.4. The van der Waals surface area contributed by atoms with Crippen molar-refractivity contribution in [3.63, 3.8) is 0 Å². The van der Waals surface area contributed by atoms with Gasteiger partial charge >= 0.3 is 0 Å². The summed E-state index contributed by atoms with van der Waals surface area (Å²) in [6, 6.07) is 10.2. The van der Waals surface area contributed by atoms with E-state index in [2.05, 4.69) is 29.3 Å². The zero-order valence-corrected chi connectivity index (χ0v) is 34.7. The summed E-state index contributed by atoms with van der Waals surface area (Å²) in [7, 11) is 0. The Morgan fingerprint density at radius 3 is 1.63 bits per heavy atom. The number of aromatic nitrogens is 4. The first-order valence-corrected chi connectivity index (χ1v) is 20.3. The van der Waals surface area contributed by atoms with Crippen LogP contribution in [0.15, 0.2) is 73.1 Å². The molecule has 4 N–H and O–H groups in total. The Morgan fingerprint density at radius 2 is 1.21 bits per heavy atom. The van der Waals surface area contributed by atoms with E-state index in [9.17, 15) is 41.0 Å². The van der Waals surface area contributed by atoms with E-state index >= 15 is 0 Å². The molecule has 63 heavy (non-hydrogen) atoms. The molecular formula is C41H36F6N6O8S2. The molecule has 2 amide bonds. The van der Waals surface area contributed by atoms with E-state index in [1.165, 1.54) is 12.4 Å². The fourth-order valence-corrected chi connectivity index (χ4v) is 6.89. The second-order valence-corrected chi connectivity index (χ2v) is 15.3. The highest BCUT2D eigenvalue weighted by Crippen LogP contribution is 2.33. The van der Waals surface area contributed by atoms with Crippen molar-refractivity contribution in [2.24, 2.45) is 0 Å². The highest BCUT2D eigenvalue weighted by molar-refractivity contribution is 7.08. The molecule has 2 atom stereocenters. The van der Waals surface area contributed by atoms with Gasteiger partial charge in [-0.25, -0.2) is 36.3 Å². The molecule has 0 aliphatic carbocycles. The first-order chi connectivity index (χ1) is 30.1. The number of benzene rings is 2. The molecule has 4 aromatic heterocycles. The number of nitrogens with zero attached hydrogens (tertiary/aromatic N) is 4. The fraction of sp³-hybridized carbons (Fsp3) is 0.268. The monoisotopic (exact) mass is 918 g/mol. The second kappa shape index (κ2) is 20.9. The van der Waals surface area contributed by atoms with E-state index in [4.69, 9.17) is 24.1 Å². The van der Waals surface area contributed by atoms with Gasteiger partial charge in [0.05, 0.1) is 62.2 Å². The van der Waals surface area contributed by atoms with Gasteiger partial charge < -0.3 is 39.8 Å². The van der Waals surface area contributed by atoms with Gasteiger partial charge in [0.15, 0.2) is 5.79 Å². The molecule has 6 aromatic rings. The van der Waals surface area contributed by atoms with Crippen LogP contribution < -0.4 is 20.1 Å². The Morgan fingerprint density at radius 1 is 0.746 bits per heavy atom. The van der Waals surface area contributed by atoms with Gasteiger partial charge in [-0.2, -0.15) is 8.75 Å². The zero-order chi connectivity index (χ0) is 45.3. The number of ether oxygens (including phenoxy) is 4. The maximum atomic E-state index is 14.3. The lowest BCUT2D eigenvalue weighted by atomic mass is 10.1. The van der Waals surface area contributed by atoms with Crippen molar-refractivity contribution in [1.29, 1.82) is 0 Å². The number of rotatable bonds is 15. The van der Waals surface area contributed by atoms with Gasteiger partial charge in [-0.1, -0.05) is 12.1 Å². The van der Waals surface area contributed by atoms with Crippen LogP contribution in [-0.4, -0.2) is 85.2 Å². The SMILES string of the molecule is CC1(C)OCC(CCOc2sncc2NC(=O)c2ccc(F)c(-c3c(F)cccc3F)n2)O1.O=C(Nc1cnsc1OCCC(O)CO)c1ccc(F)c(-c2c(F)cccc2F)n1. The van der Waals surface area contributed by atoms with E-state index in [1.807, 2.05) is 13.8 Å². The molecule has 5 heterocycles. The summed E-state index contributed by atoms with van der Waals surface area (Å²) in [5.74, 6) is -8.06. The topological polar surface area (TPSA) is 187 Å². The van der Waals surface area contributed by atoms with Crippen molar-refractivity contribution in [3.8, 4) is 32.6 Å². The van der Waals surface area contributed by atoms with Crippen molar-refractivity contribution in [2.45, 2.75) is 44.7 Å². The number of pyridine rings is 2. The molecule has 14 nitrogen and oxygen atoms in total. The lowest BCUT2D eigenvalue weighted by Gasteiger charge is -2.17. The Balaban J connectivity index is 0.000000211. The standard InChI is InChI=1S/C22H20F3N3O4S.C19H16F3N3O4S/c1-22(2)31-11-12(32-22)8-9-30-21-17(10-26-33-21)28-20(29)16-7-6-15(25)19(27-16)18-13(23)4-3-5-14(18)24;20-11-2-1-3-12(21)16(11)17-13(22)4-5-14(24-17)18(28)25-15-8-23-30-19(15)29-7-6-10(27)9-26/h3-7,10,12H,8-9,11H2,1-2H3,(H,28,29);1-5,8,10,26-27H,6-7,9H2,(H,25,28). The first-order valence-electron chi connectivity index (χ1n) is 18.7. The summed E-state index contributed by atoms with van der Waals surface area (Å²) in [5.41, 5.74) is -2.56. The molecule has 332 valence electrons. The quantitative estimate of drug-likeness (QED) is 0.0734. The summed E-state index contributed by atoms with van der Waals surface area (Å²) >= 11 is 1.98. The highest BCUT2D eigenvalue weighted by atomic mass is 32.1. The molecule has 7 rings (SSSR count). The summed E-state index contributed by atoms with van der Waals surface area (Å²) < 4.78 is 115. The molecule has 2 unspecified atom stereocenters. The number of amides is 2. The number of nitrogens with one attached hydrogen (secondary N) is 2. The van der Waals surface area contributed by atoms with Gasteiger partial charge in [-0.15, -0.1) is 0 Å². The molecule has 1 aliphatic heterocycles. The molecule has 1 saturated heterocycles. The molecule has 0 bridgehead atoms. The number of carbonyl (C=O) groups is 2. The largest absolute Gasteiger partial charge is 0.481 e. The maximum Gasteiger partial charge on any atom is 0.274 e. The van der Waals surface area contributed by atoms with Gasteiger partial charge in [0.1, 0.15) is 69.1 Å². The van der Waals surface area contributed by atoms with Gasteiger partial charge in [-0.3, -0.25) is 9.59 Å². The number of aliphatic hydroxyl groups is 2. The molecule has 0 radical (unpaired) electrons. The molecule has 1 aliphatic rings. The molecule has 0 saturated carbocycles. The van der Waals surface area contributed by atoms with Gasteiger partial charge in [0, 0.05) is 35.9 Å². The highest BCUT2D eigenvalue weighted by Gasteiger charge is 2.32. The molecule has 2 aromatic carbocycles. The molecule has 1 fully saturated rings. The minimum absolute atomic E-state index is 0.0678. The second-order valence-electron chi connectivity index (χ2n) is 13.8. The maximum absolute atomic E-state index is 14.3. The number of halogens is 6. The summed E-state index contributed by atoms with van der Waals surface area (Å²) in [4.78, 5) is 32.8. The van der Waals surface area contributed by atoms with Crippen LogP contribution >= 0.6 is 23.1 Å². The van der Waals surface area contributed by atoms with E-state index in [-0.39, 0.29) is 41.3 Å². The predicted octanol–water partition coefficient (Wildman–Crippen LogP) is 7.79. The Labute approximate surface area is 362 Å². The number of aliphatic hydroxyl groups excluding tert-OH is 2. The van der Waals surface area contributed by atoms with Crippen LogP contribution in [0.1, 0.15) is 47.7 Å². The van der Waals surface area contributed by atoms with E-state index in [0.29, 0.717) is 30.4 Å². The van der Waals surface area contributed by atoms with Crippen molar-refractivity contribution < 1.29 is 65.1 Å². The van der Waals surface area contributed by atoms with E-state index in [0.717, 1.165) is 83.7 Å². The van der Waals surface area contributed by atoms with Crippen LogP contribution in [0.4, 0.5) is 37.7 Å². The van der Waals surface area contributed by atoms with Gasteiger partial charge in [-0.05, 0) is 62.4 Å². The number of anilines is 2. The van der Waals surface area contributed by atoms with Crippen LogP contribution in [0, 0.1) is 34.9 Å². The average Bonchev–Trinajstić information content (AvgIpc) is 3.98. The number of hydrogen-bond donors (Lipinski definition) is 4. The Hall–Kier alpha value is -6.04. The fourth-order valence-electron chi connectivity index (χ4n) is 5.71. The van der Waals surface area contributed by atoms with Crippen molar-refractivity contribution in [3.05, 3.63) is 119 Å². The third-order valence-electron chi connectivity index (χ3n) is 8.76. The smallest absolute Gasteiger partial charge is 0.274 e. The first kappa shape index (κ1) is 46.5. The lowest BCUT2D eigenvalue weighted by molar-refractivity contribution is -0.139. The van der Waals surface area contributed by atoms with E-state index < -0.39 is 87.7 Å². The van der Waals surface area contributed by atoms with Crippen LogP contribution in [0.3, 0.4) is 0 Å². The normalized spacial score (nSPS) is 14.7. The number of carbonyl (C=O) groups excluding carboxylic acids is 2. The zero-order valence-electron chi connectivity index (χ0n) is 33.0. The van der Waals surface area contributed by atoms with Crippen molar-refractivity contribution >= 4 is 46.3 Å². The minimum atomic E-state index is -1.01. The summed E-state index contributed by atoms with van der Waals surface area (Å²) in [5, 5.41) is 23.8. The predicted molar refractivity (Wildman–Crippen MR) is 217 cm³/mol. The summed E-state index contributed by atoms with van der Waals surface area (Å²) in [6.07, 6.45) is 2.42. The van der Waals surface area contributed by atoms with E-state index in [1.54, 1.807) is 0 Å². The molecule has 0 spiro atoms. The number of hydrogen-bond acceptors (Lipinski definition) is 14. The van der Waals surface area contributed by atoms with Crippen LogP contribution in [0.2, 0.25) is 0 Å². The molecule has 22 heteroatoms. The van der Waals surface area contributed by atoms with Crippen molar-refractivity contribution in [2.75, 3.05) is 37.1 Å². The Bertz CT molecular complexity index is 2520.